The maximum Gasteiger partial charge on any atom is 0.308 e. The fourth-order valence-corrected chi connectivity index (χ4v) is 6.03. The lowest BCUT2D eigenvalue weighted by Gasteiger charge is -2.20. The summed E-state index contributed by atoms with van der Waals surface area (Å²) in [6.45, 7) is 8.71. The molecule has 33 heavy (non-hydrogen) atoms. The van der Waals surface area contributed by atoms with Crippen LogP contribution < -0.4 is 9.60 Å². The van der Waals surface area contributed by atoms with Crippen molar-refractivity contribution in [2.45, 2.75) is 50.6 Å². The highest BCUT2D eigenvalue weighted by atomic mass is 32.2. The van der Waals surface area contributed by atoms with E-state index in [4.69, 9.17) is 0 Å². The second-order valence-electron chi connectivity index (χ2n) is 9.28. The van der Waals surface area contributed by atoms with E-state index < -0.39 is 10.0 Å². The summed E-state index contributed by atoms with van der Waals surface area (Å²) in [4.78, 5) is 12.6. The molecule has 1 atom stereocenters. The molecular weight excluding hydrogens is 452 g/mol. The summed E-state index contributed by atoms with van der Waals surface area (Å²) in [5.41, 5.74) is 3.88. The first-order chi connectivity index (χ1) is 15.5. The molecule has 4 aromatic rings. The Bertz CT molecular complexity index is 1430. The smallest absolute Gasteiger partial charge is 0.294 e. The Balaban J connectivity index is 1.58. The average molecular weight is 481 g/mol. The van der Waals surface area contributed by atoms with Crippen LogP contribution in [0.5, 0.6) is 0 Å². The first kappa shape index (κ1) is 23.4. The third-order valence-corrected chi connectivity index (χ3v) is 8.22. The van der Waals surface area contributed by atoms with Crippen molar-refractivity contribution >= 4 is 31.6 Å². The Labute approximate surface area is 198 Å². The van der Waals surface area contributed by atoms with E-state index in [-0.39, 0.29) is 21.2 Å². The Kier molecular flexibility index (Phi) is 6.31. The maximum atomic E-state index is 13.1. The van der Waals surface area contributed by atoms with Crippen LogP contribution in [-0.2, 0) is 22.0 Å². The maximum absolute atomic E-state index is 13.1. The van der Waals surface area contributed by atoms with Gasteiger partial charge in [0.05, 0.1) is 21.7 Å². The van der Waals surface area contributed by atoms with E-state index in [9.17, 15) is 13.2 Å². The monoisotopic (exact) mass is 480 g/mol. The van der Waals surface area contributed by atoms with E-state index in [0.717, 1.165) is 28.0 Å². The van der Waals surface area contributed by atoms with Gasteiger partial charge < -0.3 is 0 Å². The van der Waals surface area contributed by atoms with Crippen LogP contribution in [0.15, 0.2) is 82.5 Å². The summed E-state index contributed by atoms with van der Waals surface area (Å²) in [5, 5.41) is 0. The van der Waals surface area contributed by atoms with E-state index >= 15 is 0 Å². The number of hydrogen-bond acceptors (Lipinski definition) is 4. The summed E-state index contributed by atoms with van der Waals surface area (Å²) < 4.78 is 31.3. The van der Waals surface area contributed by atoms with Crippen molar-refractivity contribution in [3.05, 3.63) is 99.2 Å². The zero-order valence-corrected chi connectivity index (χ0v) is 20.8. The normalized spacial score (nSPS) is 13.3. The van der Waals surface area contributed by atoms with Gasteiger partial charge in [-0.25, -0.2) is 13.1 Å². The fourth-order valence-electron chi connectivity index (χ4n) is 3.77. The van der Waals surface area contributed by atoms with Crippen LogP contribution in [0.2, 0.25) is 0 Å². The molecule has 0 fully saturated rings. The van der Waals surface area contributed by atoms with Gasteiger partial charge in [-0.3, -0.25) is 9.36 Å². The second-order valence-corrected chi connectivity index (χ2v) is 12.0. The van der Waals surface area contributed by atoms with Gasteiger partial charge in [0, 0.05) is 6.04 Å². The number of sulfonamides is 1. The van der Waals surface area contributed by atoms with Crippen molar-refractivity contribution in [2.24, 2.45) is 0 Å². The highest BCUT2D eigenvalue weighted by molar-refractivity contribution is 7.89. The van der Waals surface area contributed by atoms with Crippen molar-refractivity contribution in [3.63, 3.8) is 0 Å². The summed E-state index contributed by atoms with van der Waals surface area (Å²) in [7, 11) is -3.75. The molecule has 7 heteroatoms. The predicted octanol–water partition coefficient (Wildman–Crippen LogP) is 5.45. The average Bonchev–Trinajstić information content (AvgIpc) is 3.08. The lowest BCUT2D eigenvalue weighted by atomic mass is 9.86. The third-order valence-electron chi connectivity index (χ3n) is 5.74. The lowest BCUT2D eigenvalue weighted by Crippen LogP contribution is -2.27. The molecule has 0 saturated carbocycles. The zero-order chi connectivity index (χ0) is 23.8. The van der Waals surface area contributed by atoms with Crippen molar-refractivity contribution in [1.82, 2.24) is 9.29 Å². The van der Waals surface area contributed by atoms with Gasteiger partial charge >= 0.3 is 4.87 Å². The van der Waals surface area contributed by atoms with Crippen LogP contribution in [0.3, 0.4) is 0 Å². The number of fused-ring (bicyclic) bond motifs is 1. The minimum atomic E-state index is -3.75. The van der Waals surface area contributed by atoms with Crippen molar-refractivity contribution in [1.29, 1.82) is 0 Å². The summed E-state index contributed by atoms with van der Waals surface area (Å²) in [6.07, 6.45) is 0. The van der Waals surface area contributed by atoms with Gasteiger partial charge in [0.25, 0.3) is 0 Å². The van der Waals surface area contributed by atoms with Crippen molar-refractivity contribution in [3.8, 4) is 0 Å². The molecule has 0 aliphatic heterocycles. The van der Waals surface area contributed by atoms with Gasteiger partial charge in [-0.05, 0) is 47.2 Å². The molecule has 0 radical (unpaired) electrons. The van der Waals surface area contributed by atoms with Crippen molar-refractivity contribution < 1.29 is 8.42 Å². The summed E-state index contributed by atoms with van der Waals surface area (Å²) in [6, 6.07) is 22.2. The molecule has 0 spiro atoms. The van der Waals surface area contributed by atoms with Gasteiger partial charge in [-0.2, -0.15) is 0 Å². The molecule has 5 nitrogen and oxygen atoms in total. The Morgan fingerprint density at radius 2 is 1.64 bits per heavy atom. The van der Waals surface area contributed by atoms with Crippen LogP contribution in [0.4, 0.5) is 0 Å². The molecule has 3 aromatic carbocycles. The van der Waals surface area contributed by atoms with E-state index in [1.54, 1.807) is 22.8 Å². The molecule has 0 aliphatic carbocycles. The molecule has 1 N–H and O–H groups in total. The lowest BCUT2D eigenvalue weighted by molar-refractivity contribution is 0.566. The Morgan fingerprint density at radius 3 is 2.27 bits per heavy atom. The highest BCUT2D eigenvalue weighted by Gasteiger charge is 2.21. The van der Waals surface area contributed by atoms with Gasteiger partial charge in [0.1, 0.15) is 0 Å². The fraction of sp³-hybridized carbons (Fsp3) is 0.269. The molecule has 0 amide bonds. The van der Waals surface area contributed by atoms with E-state index in [2.05, 4.69) is 25.5 Å². The molecule has 0 bridgehead atoms. The van der Waals surface area contributed by atoms with Gasteiger partial charge in [-0.15, -0.1) is 0 Å². The quantitative estimate of drug-likeness (QED) is 0.399. The van der Waals surface area contributed by atoms with E-state index in [1.165, 1.54) is 5.56 Å². The van der Waals surface area contributed by atoms with Gasteiger partial charge in [0.15, 0.2) is 0 Å². The van der Waals surface area contributed by atoms with Crippen LogP contribution in [0, 0.1) is 0 Å². The van der Waals surface area contributed by atoms with Crippen molar-refractivity contribution in [2.75, 3.05) is 0 Å². The van der Waals surface area contributed by atoms with Crippen LogP contribution >= 0.6 is 11.3 Å². The predicted molar refractivity (Wildman–Crippen MR) is 136 cm³/mol. The topological polar surface area (TPSA) is 68.2 Å². The zero-order valence-electron chi connectivity index (χ0n) is 19.2. The summed E-state index contributed by atoms with van der Waals surface area (Å²) >= 11 is 1.06. The number of aromatic nitrogens is 1. The third kappa shape index (κ3) is 5.11. The van der Waals surface area contributed by atoms with Gasteiger partial charge in [-0.1, -0.05) is 86.7 Å². The van der Waals surface area contributed by atoms with Crippen LogP contribution in [0.1, 0.15) is 50.4 Å². The van der Waals surface area contributed by atoms with Crippen LogP contribution in [0.25, 0.3) is 10.2 Å². The standard InChI is InChI=1S/C26H28N2O3S2/c1-18(20-10-12-21(13-11-20)26(2,3)4)27-33(30,31)22-14-15-23-24(16-22)32-25(29)28(23)17-19-8-6-5-7-9-19/h5-16,18,27H,17H2,1-4H3/t18-/m1/s1. The SMILES string of the molecule is C[C@@H](NS(=O)(=O)c1ccc2c(c1)sc(=O)n2Cc1ccccc1)c1ccc(C(C)(C)C)cc1. The second kappa shape index (κ2) is 8.89. The number of benzene rings is 3. The number of nitrogens with zero attached hydrogens (tertiary/aromatic N) is 1. The molecule has 0 aliphatic rings. The molecule has 4 rings (SSSR count). The largest absolute Gasteiger partial charge is 0.308 e. The Morgan fingerprint density at radius 1 is 0.970 bits per heavy atom. The first-order valence-electron chi connectivity index (χ1n) is 10.8. The first-order valence-corrected chi connectivity index (χ1v) is 13.1. The minimum Gasteiger partial charge on any atom is -0.294 e. The minimum absolute atomic E-state index is 0.0369. The molecular formula is C26H28N2O3S2. The number of nitrogens with one attached hydrogen (secondary N) is 1. The summed E-state index contributed by atoms with van der Waals surface area (Å²) in [5.74, 6) is 0. The molecule has 0 saturated heterocycles. The Hall–Kier alpha value is -2.74. The van der Waals surface area contributed by atoms with Crippen LogP contribution in [-0.4, -0.2) is 13.0 Å². The molecule has 172 valence electrons. The van der Waals surface area contributed by atoms with E-state index in [1.807, 2.05) is 61.5 Å². The number of hydrogen-bond donors (Lipinski definition) is 1. The highest BCUT2D eigenvalue weighted by Crippen LogP contribution is 2.26. The molecule has 1 aromatic heterocycles. The molecule has 1 heterocycles. The molecule has 0 unspecified atom stereocenters. The van der Waals surface area contributed by atoms with E-state index in [0.29, 0.717) is 11.2 Å². The number of thiazole rings is 1. The van der Waals surface area contributed by atoms with Gasteiger partial charge in [0.2, 0.25) is 10.0 Å². The number of rotatable bonds is 6.